The molecule has 4 fully saturated rings. The lowest BCUT2D eigenvalue weighted by Crippen LogP contribution is -2.65. The summed E-state index contributed by atoms with van der Waals surface area (Å²) >= 11 is 0. The van der Waals surface area contributed by atoms with Gasteiger partial charge in [0.05, 0.1) is 11.5 Å². The number of aliphatic hydroxyl groups is 1. The Bertz CT molecular complexity index is 874. The van der Waals surface area contributed by atoms with Gasteiger partial charge in [-0.25, -0.2) is 0 Å². The maximum absolute atomic E-state index is 12.8. The molecule has 3 nitrogen and oxygen atoms in total. The first-order chi connectivity index (χ1) is 15.3. The standard InChI is InChI=1S/C30H48O3/c1-18-10-15-30(25(32)33)17-16-28(6)20(24(30)19(18)2)8-9-22-27(5)13-12-23(31)26(3,4)21(27)11-14-29(22,28)7/h8,18-19,21-24,31H,9-17H2,1-7H3,(H,32,33)/t18?,19?,21-,22+,23?,24-,27+,28-,29-,30+/m1/s1. The lowest BCUT2D eigenvalue weighted by molar-refractivity contribution is -0.206. The van der Waals surface area contributed by atoms with E-state index in [-0.39, 0.29) is 33.7 Å². The number of fused-ring (bicyclic) bond motifs is 7. The Morgan fingerprint density at radius 3 is 2.27 bits per heavy atom. The average Bonchev–Trinajstić information content (AvgIpc) is 2.74. The van der Waals surface area contributed by atoms with Crippen molar-refractivity contribution in [2.24, 2.45) is 56.7 Å². The molecule has 5 aliphatic carbocycles. The molecular formula is C30H48O3. The van der Waals surface area contributed by atoms with Crippen LogP contribution in [0.5, 0.6) is 0 Å². The summed E-state index contributed by atoms with van der Waals surface area (Å²) in [5, 5.41) is 21.4. The molecule has 0 amide bonds. The molecule has 4 saturated carbocycles. The van der Waals surface area contributed by atoms with Gasteiger partial charge in [0.1, 0.15) is 0 Å². The van der Waals surface area contributed by atoms with Crippen molar-refractivity contribution in [2.75, 3.05) is 0 Å². The van der Waals surface area contributed by atoms with Crippen molar-refractivity contribution in [2.45, 2.75) is 112 Å². The van der Waals surface area contributed by atoms with Crippen LogP contribution in [0.15, 0.2) is 11.6 Å². The summed E-state index contributed by atoms with van der Waals surface area (Å²) in [6.45, 7) is 17.0. The van der Waals surface area contributed by atoms with Gasteiger partial charge < -0.3 is 10.2 Å². The molecule has 0 heterocycles. The van der Waals surface area contributed by atoms with Gasteiger partial charge in [0, 0.05) is 0 Å². The number of carboxylic acid groups (broad SMARTS) is 1. The topological polar surface area (TPSA) is 57.5 Å². The van der Waals surface area contributed by atoms with Crippen molar-refractivity contribution in [1.29, 1.82) is 0 Å². The number of allylic oxidation sites excluding steroid dienone is 2. The molecular weight excluding hydrogens is 408 g/mol. The summed E-state index contributed by atoms with van der Waals surface area (Å²) in [6, 6.07) is 0. The highest BCUT2D eigenvalue weighted by Crippen LogP contribution is 2.75. The molecule has 0 saturated heterocycles. The van der Waals surface area contributed by atoms with Crippen LogP contribution in [0.1, 0.15) is 106 Å². The normalized spacial score (nSPS) is 55.3. The number of carboxylic acids is 1. The van der Waals surface area contributed by atoms with Crippen LogP contribution in [0.4, 0.5) is 0 Å². The molecule has 10 atom stereocenters. The molecule has 3 unspecified atom stereocenters. The zero-order valence-corrected chi connectivity index (χ0v) is 22.2. The first kappa shape index (κ1) is 23.9. The Hall–Kier alpha value is -0.830. The number of hydrogen-bond acceptors (Lipinski definition) is 2. The predicted molar refractivity (Wildman–Crippen MR) is 133 cm³/mol. The van der Waals surface area contributed by atoms with E-state index in [1.165, 1.54) is 18.4 Å². The molecule has 5 rings (SSSR count). The fourth-order valence-corrected chi connectivity index (χ4v) is 10.8. The maximum atomic E-state index is 12.8. The third kappa shape index (κ3) is 2.75. The Morgan fingerprint density at radius 1 is 0.909 bits per heavy atom. The molecule has 2 N–H and O–H groups in total. The van der Waals surface area contributed by atoms with Crippen molar-refractivity contribution >= 4 is 5.97 Å². The van der Waals surface area contributed by atoms with E-state index in [0.717, 1.165) is 44.9 Å². The summed E-state index contributed by atoms with van der Waals surface area (Å²) < 4.78 is 0. The van der Waals surface area contributed by atoms with E-state index in [2.05, 4.69) is 54.5 Å². The third-order valence-corrected chi connectivity index (χ3v) is 13.4. The van der Waals surface area contributed by atoms with Crippen LogP contribution >= 0.6 is 0 Å². The Balaban J connectivity index is 1.61. The number of carbonyl (C=O) groups is 1. The van der Waals surface area contributed by atoms with Gasteiger partial charge in [0.15, 0.2) is 0 Å². The van der Waals surface area contributed by atoms with E-state index in [1.54, 1.807) is 0 Å². The molecule has 0 aromatic carbocycles. The van der Waals surface area contributed by atoms with E-state index in [4.69, 9.17) is 0 Å². The van der Waals surface area contributed by atoms with Gasteiger partial charge in [0.25, 0.3) is 0 Å². The van der Waals surface area contributed by atoms with E-state index in [1.807, 2.05) is 0 Å². The fourth-order valence-electron chi connectivity index (χ4n) is 10.8. The van der Waals surface area contributed by atoms with Gasteiger partial charge in [-0.1, -0.05) is 60.1 Å². The highest BCUT2D eigenvalue weighted by atomic mass is 16.4. The third-order valence-electron chi connectivity index (χ3n) is 13.4. The lowest BCUT2D eigenvalue weighted by Gasteiger charge is -2.71. The predicted octanol–water partition coefficient (Wildman–Crippen LogP) is 7.09. The molecule has 5 aliphatic rings. The molecule has 0 aliphatic heterocycles. The minimum absolute atomic E-state index is 0.0302. The second kappa shape index (κ2) is 7.11. The van der Waals surface area contributed by atoms with Crippen molar-refractivity contribution < 1.29 is 15.0 Å². The maximum Gasteiger partial charge on any atom is 0.310 e. The van der Waals surface area contributed by atoms with Crippen molar-refractivity contribution in [1.82, 2.24) is 0 Å². The van der Waals surface area contributed by atoms with Crippen molar-refractivity contribution in [3.63, 3.8) is 0 Å². The summed E-state index contributed by atoms with van der Waals surface area (Å²) in [7, 11) is 0. The molecule has 33 heavy (non-hydrogen) atoms. The first-order valence-electron chi connectivity index (χ1n) is 13.9. The van der Waals surface area contributed by atoms with Crippen LogP contribution < -0.4 is 0 Å². The smallest absolute Gasteiger partial charge is 0.310 e. The largest absolute Gasteiger partial charge is 0.481 e. The van der Waals surface area contributed by atoms with E-state index in [9.17, 15) is 15.0 Å². The van der Waals surface area contributed by atoms with Gasteiger partial charge in [-0.2, -0.15) is 0 Å². The summed E-state index contributed by atoms with van der Waals surface area (Å²) in [5.41, 5.74) is 1.46. The Morgan fingerprint density at radius 2 is 1.61 bits per heavy atom. The van der Waals surface area contributed by atoms with Crippen LogP contribution in [0.2, 0.25) is 0 Å². The Kier molecular flexibility index (Phi) is 5.15. The lowest BCUT2D eigenvalue weighted by atomic mass is 9.33. The SMILES string of the molecule is CC1CC[C@]2(C(=O)O)CC[C@]3(C)C(=CC[C@H]4[C@@]5(C)CCC(O)C(C)(C)[C@H]5CC[C@]43C)[C@H]2C1C. The number of aliphatic hydroxyl groups excluding tert-OH is 1. The molecule has 0 aromatic heterocycles. The summed E-state index contributed by atoms with van der Waals surface area (Å²) in [6.07, 6.45) is 11.6. The highest BCUT2D eigenvalue weighted by Gasteiger charge is 2.69. The minimum Gasteiger partial charge on any atom is -0.481 e. The average molecular weight is 457 g/mol. The number of hydrogen-bond donors (Lipinski definition) is 2. The molecule has 186 valence electrons. The van der Waals surface area contributed by atoms with Crippen molar-refractivity contribution in [3.8, 4) is 0 Å². The zero-order valence-electron chi connectivity index (χ0n) is 22.2. The minimum atomic E-state index is -0.557. The number of rotatable bonds is 1. The van der Waals surface area contributed by atoms with E-state index >= 15 is 0 Å². The van der Waals surface area contributed by atoms with E-state index in [0.29, 0.717) is 23.7 Å². The molecule has 0 spiro atoms. The van der Waals surface area contributed by atoms with Gasteiger partial charge in [0.2, 0.25) is 0 Å². The van der Waals surface area contributed by atoms with Crippen LogP contribution in [-0.2, 0) is 4.79 Å². The quantitative estimate of drug-likeness (QED) is 0.414. The van der Waals surface area contributed by atoms with Gasteiger partial charge in [-0.15, -0.1) is 0 Å². The van der Waals surface area contributed by atoms with Gasteiger partial charge in [-0.3, -0.25) is 4.79 Å². The molecule has 0 aromatic rings. The molecule has 0 bridgehead atoms. The Labute approximate surface area is 201 Å². The molecule has 3 heteroatoms. The van der Waals surface area contributed by atoms with Gasteiger partial charge in [-0.05, 0) is 109 Å². The second-order valence-corrected chi connectivity index (χ2v) is 14.5. The number of aliphatic carboxylic acids is 1. The summed E-state index contributed by atoms with van der Waals surface area (Å²) in [5.74, 6) is 1.82. The zero-order chi connectivity index (χ0) is 24.2. The van der Waals surface area contributed by atoms with Crippen LogP contribution in [0.3, 0.4) is 0 Å². The van der Waals surface area contributed by atoms with Crippen LogP contribution in [0, 0.1) is 56.7 Å². The monoisotopic (exact) mass is 456 g/mol. The van der Waals surface area contributed by atoms with E-state index < -0.39 is 11.4 Å². The van der Waals surface area contributed by atoms with Gasteiger partial charge >= 0.3 is 5.97 Å². The second-order valence-electron chi connectivity index (χ2n) is 14.5. The summed E-state index contributed by atoms with van der Waals surface area (Å²) in [4.78, 5) is 12.8. The van der Waals surface area contributed by atoms with Crippen molar-refractivity contribution in [3.05, 3.63) is 11.6 Å². The highest BCUT2D eigenvalue weighted by molar-refractivity contribution is 5.76. The first-order valence-corrected chi connectivity index (χ1v) is 13.9. The van der Waals surface area contributed by atoms with Crippen LogP contribution in [-0.4, -0.2) is 22.3 Å². The molecule has 0 radical (unpaired) electrons. The fraction of sp³-hybridized carbons (Fsp3) is 0.900. The van der Waals surface area contributed by atoms with Crippen LogP contribution in [0.25, 0.3) is 0 Å².